The summed E-state index contributed by atoms with van der Waals surface area (Å²) >= 11 is 0. The lowest BCUT2D eigenvalue weighted by Gasteiger charge is -2.17. The van der Waals surface area contributed by atoms with E-state index < -0.39 is 0 Å². The van der Waals surface area contributed by atoms with Gasteiger partial charge in [-0.15, -0.1) is 12.4 Å². The minimum absolute atomic E-state index is 0. The van der Waals surface area contributed by atoms with Crippen molar-refractivity contribution in [3.63, 3.8) is 0 Å². The van der Waals surface area contributed by atoms with Gasteiger partial charge in [-0.25, -0.2) is 0 Å². The van der Waals surface area contributed by atoms with Crippen molar-refractivity contribution >= 4 is 24.2 Å². The number of carbonyl (C=O) groups is 2. The second-order valence-electron chi connectivity index (χ2n) is 6.32. The van der Waals surface area contributed by atoms with Gasteiger partial charge in [-0.3, -0.25) is 9.59 Å². The van der Waals surface area contributed by atoms with Crippen LogP contribution in [0.1, 0.15) is 18.9 Å². The van der Waals surface area contributed by atoms with Crippen molar-refractivity contribution in [3.05, 3.63) is 23.8 Å². The molecule has 1 aromatic carbocycles. The van der Waals surface area contributed by atoms with Crippen LogP contribution in [-0.4, -0.2) is 63.7 Å². The van der Waals surface area contributed by atoms with Gasteiger partial charge in [-0.2, -0.15) is 0 Å². The molecule has 1 fully saturated rings. The maximum atomic E-state index is 12.2. The van der Waals surface area contributed by atoms with Gasteiger partial charge in [0.15, 0.2) is 11.5 Å². The van der Waals surface area contributed by atoms with Crippen molar-refractivity contribution in [2.24, 2.45) is 5.92 Å². The van der Waals surface area contributed by atoms with Crippen LogP contribution in [0.3, 0.4) is 0 Å². The molecule has 7 nitrogen and oxygen atoms in total. The highest BCUT2D eigenvalue weighted by Gasteiger charge is 2.33. The van der Waals surface area contributed by atoms with Gasteiger partial charge < -0.3 is 25.0 Å². The first kappa shape index (κ1) is 23.0. The first-order valence-corrected chi connectivity index (χ1v) is 9.06. The number of nitrogens with one attached hydrogen (secondary N) is 2. The first-order chi connectivity index (χ1) is 12.6. The number of nitrogens with zero attached hydrogens (tertiary/aromatic N) is 1. The highest BCUT2D eigenvalue weighted by atomic mass is 35.5. The number of amides is 2. The molecule has 0 saturated carbocycles. The van der Waals surface area contributed by atoms with Gasteiger partial charge in [-0.1, -0.05) is 13.0 Å². The fraction of sp³-hybridized carbons (Fsp3) is 0.579. The van der Waals surface area contributed by atoms with Crippen molar-refractivity contribution in [2.45, 2.75) is 19.8 Å². The molecule has 0 aromatic heterocycles. The van der Waals surface area contributed by atoms with Crippen molar-refractivity contribution < 1.29 is 19.1 Å². The molecular weight excluding hydrogens is 370 g/mol. The quantitative estimate of drug-likeness (QED) is 0.579. The van der Waals surface area contributed by atoms with Gasteiger partial charge >= 0.3 is 0 Å². The zero-order valence-corrected chi connectivity index (χ0v) is 17.1. The number of benzene rings is 1. The Kier molecular flexibility index (Phi) is 9.96. The fourth-order valence-corrected chi connectivity index (χ4v) is 3.06. The van der Waals surface area contributed by atoms with E-state index >= 15 is 0 Å². The molecule has 2 amide bonds. The number of hydrogen-bond acceptors (Lipinski definition) is 5. The molecule has 1 aliphatic heterocycles. The summed E-state index contributed by atoms with van der Waals surface area (Å²) in [7, 11) is 3.20. The summed E-state index contributed by atoms with van der Waals surface area (Å²) in [5.74, 6) is 1.11. The summed E-state index contributed by atoms with van der Waals surface area (Å²) in [6.07, 6.45) is 1.000. The van der Waals surface area contributed by atoms with E-state index in [9.17, 15) is 9.59 Å². The third kappa shape index (κ3) is 6.59. The van der Waals surface area contributed by atoms with Crippen LogP contribution < -0.4 is 20.1 Å². The minimum Gasteiger partial charge on any atom is -0.493 e. The van der Waals surface area contributed by atoms with Crippen LogP contribution in [0, 0.1) is 5.92 Å². The van der Waals surface area contributed by atoms with E-state index in [2.05, 4.69) is 10.6 Å². The van der Waals surface area contributed by atoms with E-state index in [1.54, 1.807) is 19.1 Å². The van der Waals surface area contributed by atoms with Gasteiger partial charge in [0.05, 0.1) is 20.1 Å². The zero-order chi connectivity index (χ0) is 18.9. The Bertz CT molecular complexity index is 627. The predicted molar refractivity (Wildman–Crippen MR) is 107 cm³/mol. The van der Waals surface area contributed by atoms with Crippen LogP contribution in [0.25, 0.3) is 0 Å². The fourth-order valence-electron chi connectivity index (χ4n) is 3.06. The summed E-state index contributed by atoms with van der Waals surface area (Å²) in [5.41, 5.74) is 1.06. The number of methoxy groups -OCH3 is 2. The number of rotatable bonds is 10. The summed E-state index contributed by atoms with van der Waals surface area (Å²) < 4.78 is 10.5. The summed E-state index contributed by atoms with van der Waals surface area (Å²) in [4.78, 5) is 26.1. The molecule has 1 aliphatic rings. The maximum Gasteiger partial charge on any atom is 0.225 e. The maximum absolute atomic E-state index is 12.2. The molecule has 1 atom stereocenters. The highest BCUT2D eigenvalue weighted by Crippen LogP contribution is 2.28. The van der Waals surface area contributed by atoms with Gasteiger partial charge in [0.25, 0.3) is 0 Å². The topological polar surface area (TPSA) is 79.9 Å². The molecule has 8 heteroatoms. The summed E-state index contributed by atoms with van der Waals surface area (Å²) in [6, 6.07) is 5.75. The molecule has 0 bridgehead atoms. The molecule has 1 unspecified atom stereocenters. The largest absolute Gasteiger partial charge is 0.493 e. The number of likely N-dealkylation sites (tertiary alicyclic amines) is 1. The van der Waals surface area contributed by atoms with Crippen LogP contribution in [0.15, 0.2) is 18.2 Å². The van der Waals surface area contributed by atoms with Gasteiger partial charge in [-0.05, 0) is 30.7 Å². The molecule has 0 spiro atoms. The van der Waals surface area contributed by atoms with E-state index in [0.29, 0.717) is 44.0 Å². The molecule has 152 valence electrons. The van der Waals surface area contributed by atoms with E-state index in [4.69, 9.17) is 9.47 Å². The average molecular weight is 400 g/mol. The molecule has 2 N–H and O–H groups in total. The highest BCUT2D eigenvalue weighted by molar-refractivity contribution is 5.89. The monoisotopic (exact) mass is 399 g/mol. The van der Waals surface area contributed by atoms with E-state index in [1.165, 1.54) is 0 Å². The van der Waals surface area contributed by atoms with Crippen molar-refractivity contribution in [2.75, 3.05) is 46.9 Å². The first-order valence-electron chi connectivity index (χ1n) is 9.06. The Labute approximate surface area is 167 Å². The van der Waals surface area contributed by atoms with Crippen LogP contribution in [0.4, 0.5) is 0 Å². The third-order valence-corrected chi connectivity index (χ3v) is 4.55. The molecule has 1 aromatic rings. The lowest BCUT2D eigenvalue weighted by atomic mass is 10.1. The number of hydrogen-bond donors (Lipinski definition) is 2. The van der Waals surface area contributed by atoms with Crippen LogP contribution in [-0.2, 0) is 16.0 Å². The summed E-state index contributed by atoms with van der Waals surface area (Å²) in [5, 5.41) is 6.05. The Morgan fingerprint density at radius 2 is 1.96 bits per heavy atom. The van der Waals surface area contributed by atoms with Crippen LogP contribution >= 0.6 is 12.4 Å². The van der Waals surface area contributed by atoms with Crippen molar-refractivity contribution in [1.29, 1.82) is 0 Å². The summed E-state index contributed by atoms with van der Waals surface area (Å²) in [6.45, 7) is 5.30. The zero-order valence-electron chi connectivity index (χ0n) is 16.2. The van der Waals surface area contributed by atoms with Crippen LogP contribution in [0.2, 0.25) is 0 Å². The van der Waals surface area contributed by atoms with Gasteiger partial charge in [0, 0.05) is 32.6 Å². The number of ether oxygens (including phenoxy) is 2. The molecule has 27 heavy (non-hydrogen) atoms. The Morgan fingerprint density at radius 3 is 2.63 bits per heavy atom. The Morgan fingerprint density at radius 1 is 1.22 bits per heavy atom. The Hall–Kier alpha value is -1.99. The molecule has 2 rings (SSSR count). The SMILES string of the molecule is CCNCCNC(=O)C1CC(=O)N(CCc2ccc(OC)c(OC)c2)C1.Cl. The number of carbonyl (C=O) groups excluding carboxylic acids is 2. The van der Waals surface area contributed by atoms with Crippen LogP contribution in [0.5, 0.6) is 11.5 Å². The number of halogens is 1. The average Bonchev–Trinajstić information content (AvgIpc) is 3.04. The lowest BCUT2D eigenvalue weighted by molar-refractivity contribution is -0.129. The van der Waals surface area contributed by atoms with Gasteiger partial charge in [0.2, 0.25) is 11.8 Å². The van der Waals surface area contributed by atoms with E-state index in [0.717, 1.165) is 18.7 Å². The molecule has 0 aliphatic carbocycles. The minimum atomic E-state index is -0.255. The second kappa shape index (κ2) is 11.7. The second-order valence-corrected chi connectivity index (χ2v) is 6.32. The third-order valence-electron chi connectivity index (χ3n) is 4.55. The van der Waals surface area contributed by atoms with Gasteiger partial charge in [0.1, 0.15) is 0 Å². The molecule has 1 saturated heterocycles. The standard InChI is InChI=1S/C19H29N3O4.ClH/c1-4-20-8-9-21-19(24)15-12-18(23)22(13-15)10-7-14-5-6-16(25-2)17(11-14)26-3;/h5-6,11,15,20H,4,7-10,12-13H2,1-3H3,(H,21,24);1H. The van der Waals surface area contributed by atoms with Crippen molar-refractivity contribution in [1.82, 2.24) is 15.5 Å². The lowest BCUT2D eigenvalue weighted by Crippen LogP contribution is -2.37. The molecule has 0 radical (unpaired) electrons. The molecule has 1 heterocycles. The predicted octanol–water partition coefficient (Wildman–Crippen LogP) is 1.24. The molecular formula is C19H30ClN3O4. The van der Waals surface area contributed by atoms with E-state index in [1.807, 2.05) is 25.1 Å². The smallest absolute Gasteiger partial charge is 0.225 e. The normalized spacial score (nSPS) is 16.0. The van der Waals surface area contributed by atoms with E-state index in [-0.39, 0.29) is 30.1 Å². The number of likely N-dealkylation sites (N-methyl/N-ethyl adjacent to an activating group) is 1. The van der Waals surface area contributed by atoms with Crippen molar-refractivity contribution in [3.8, 4) is 11.5 Å². The Balaban J connectivity index is 0.00000364.